The molecule has 0 saturated carbocycles. The Balaban J connectivity index is 2.24. The molecule has 1 aromatic heterocycles. The summed E-state index contributed by atoms with van der Waals surface area (Å²) in [4.78, 5) is 15.9. The zero-order chi connectivity index (χ0) is 13.2. The second-order valence-corrected chi connectivity index (χ2v) is 5.00. The Kier molecular flexibility index (Phi) is 3.19. The number of hydrogen-bond acceptors (Lipinski definition) is 3. The van der Waals surface area contributed by atoms with E-state index in [0.29, 0.717) is 5.69 Å². The SMILES string of the molecule is CC(C)(C)OC(=O)Nc1ccnc2ccccc12. The van der Waals surface area contributed by atoms with Gasteiger partial charge >= 0.3 is 6.09 Å². The molecule has 0 saturated heterocycles. The second kappa shape index (κ2) is 4.64. The Bertz CT molecular complexity index is 568. The molecule has 2 rings (SSSR count). The summed E-state index contributed by atoms with van der Waals surface area (Å²) in [5, 5.41) is 3.63. The predicted molar refractivity (Wildman–Crippen MR) is 71.6 cm³/mol. The number of nitrogens with zero attached hydrogens (tertiary/aromatic N) is 1. The van der Waals surface area contributed by atoms with Gasteiger partial charge in [-0.15, -0.1) is 0 Å². The summed E-state index contributed by atoms with van der Waals surface area (Å²) in [6.07, 6.45) is 1.20. The van der Waals surface area contributed by atoms with E-state index in [1.807, 2.05) is 45.0 Å². The van der Waals surface area contributed by atoms with Gasteiger partial charge in [-0.2, -0.15) is 0 Å². The zero-order valence-corrected chi connectivity index (χ0v) is 10.7. The van der Waals surface area contributed by atoms with Crippen molar-refractivity contribution in [1.82, 2.24) is 4.98 Å². The number of benzene rings is 1. The Morgan fingerprint density at radius 2 is 1.94 bits per heavy atom. The van der Waals surface area contributed by atoms with Crippen LogP contribution in [-0.2, 0) is 4.74 Å². The topological polar surface area (TPSA) is 51.2 Å². The summed E-state index contributed by atoms with van der Waals surface area (Å²) in [7, 11) is 0. The third-order valence-electron chi connectivity index (χ3n) is 2.28. The van der Waals surface area contributed by atoms with E-state index in [0.717, 1.165) is 10.9 Å². The smallest absolute Gasteiger partial charge is 0.412 e. The maximum atomic E-state index is 11.7. The van der Waals surface area contributed by atoms with Crippen molar-refractivity contribution in [1.29, 1.82) is 0 Å². The van der Waals surface area contributed by atoms with Crippen LogP contribution in [0.25, 0.3) is 10.9 Å². The molecule has 1 amide bonds. The standard InChI is InChI=1S/C14H16N2O2/c1-14(2,3)18-13(17)16-12-8-9-15-11-7-5-4-6-10(11)12/h4-9H,1-3H3,(H,15,16,17). The molecule has 94 valence electrons. The van der Waals surface area contributed by atoms with Crippen LogP contribution >= 0.6 is 0 Å². The average molecular weight is 244 g/mol. The lowest BCUT2D eigenvalue weighted by Crippen LogP contribution is -2.27. The summed E-state index contributed by atoms with van der Waals surface area (Å²) >= 11 is 0. The molecule has 0 aliphatic rings. The summed E-state index contributed by atoms with van der Waals surface area (Å²) in [6.45, 7) is 5.49. The molecule has 2 aromatic rings. The largest absolute Gasteiger partial charge is 0.444 e. The molecule has 1 heterocycles. The monoisotopic (exact) mass is 244 g/mol. The molecule has 4 heteroatoms. The maximum absolute atomic E-state index is 11.7. The van der Waals surface area contributed by atoms with Gasteiger partial charge in [0.1, 0.15) is 5.60 Å². The van der Waals surface area contributed by atoms with E-state index >= 15 is 0 Å². The van der Waals surface area contributed by atoms with Gasteiger partial charge < -0.3 is 4.74 Å². The Morgan fingerprint density at radius 1 is 1.22 bits per heavy atom. The van der Waals surface area contributed by atoms with E-state index < -0.39 is 11.7 Å². The number of rotatable bonds is 1. The van der Waals surface area contributed by atoms with E-state index in [1.54, 1.807) is 12.3 Å². The molecule has 4 nitrogen and oxygen atoms in total. The van der Waals surface area contributed by atoms with Gasteiger partial charge in [-0.3, -0.25) is 10.3 Å². The van der Waals surface area contributed by atoms with Gasteiger partial charge in [-0.25, -0.2) is 4.79 Å². The van der Waals surface area contributed by atoms with Crippen molar-refractivity contribution in [3.05, 3.63) is 36.5 Å². The summed E-state index contributed by atoms with van der Waals surface area (Å²) < 4.78 is 5.22. The van der Waals surface area contributed by atoms with Gasteiger partial charge in [0.2, 0.25) is 0 Å². The first-order chi connectivity index (χ1) is 8.46. The third kappa shape index (κ3) is 2.97. The number of nitrogens with one attached hydrogen (secondary N) is 1. The van der Waals surface area contributed by atoms with Crippen molar-refractivity contribution < 1.29 is 9.53 Å². The van der Waals surface area contributed by atoms with Crippen LogP contribution < -0.4 is 5.32 Å². The minimum Gasteiger partial charge on any atom is -0.444 e. The molecule has 0 aliphatic heterocycles. The van der Waals surface area contributed by atoms with E-state index in [1.165, 1.54) is 0 Å². The third-order valence-corrected chi connectivity index (χ3v) is 2.28. The van der Waals surface area contributed by atoms with Crippen LogP contribution in [0.2, 0.25) is 0 Å². The summed E-state index contributed by atoms with van der Waals surface area (Å²) in [6, 6.07) is 9.38. The fourth-order valence-corrected chi connectivity index (χ4v) is 1.62. The number of pyridine rings is 1. The first-order valence-electron chi connectivity index (χ1n) is 5.79. The predicted octanol–water partition coefficient (Wildman–Crippen LogP) is 3.58. The molecule has 0 radical (unpaired) electrons. The number of anilines is 1. The zero-order valence-electron chi connectivity index (χ0n) is 10.7. The molecule has 0 unspecified atom stereocenters. The normalized spacial score (nSPS) is 11.3. The Morgan fingerprint density at radius 3 is 2.67 bits per heavy atom. The quantitative estimate of drug-likeness (QED) is 0.834. The lowest BCUT2D eigenvalue weighted by atomic mass is 10.2. The lowest BCUT2D eigenvalue weighted by molar-refractivity contribution is 0.0636. The maximum Gasteiger partial charge on any atom is 0.412 e. The van der Waals surface area contributed by atoms with E-state index in [4.69, 9.17) is 4.74 Å². The van der Waals surface area contributed by atoms with Crippen molar-refractivity contribution in [3.63, 3.8) is 0 Å². The Labute approximate surface area is 106 Å². The van der Waals surface area contributed by atoms with Crippen LogP contribution in [0.5, 0.6) is 0 Å². The number of hydrogen-bond donors (Lipinski definition) is 1. The highest BCUT2D eigenvalue weighted by molar-refractivity contribution is 5.98. The van der Waals surface area contributed by atoms with E-state index in [2.05, 4.69) is 10.3 Å². The number of aromatic nitrogens is 1. The lowest BCUT2D eigenvalue weighted by Gasteiger charge is -2.20. The molecule has 0 bridgehead atoms. The fraction of sp³-hybridized carbons (Fsp3) is 0.286. The second-order valence-electron chi connectivity index (χ2n) is 5.00. The average Bonchev–Trinajstić information content (AvgIpc) is 2.27. The first-order valence-corrected chi connectivity index (χ1v) is 5.79. The molecule has 18 heavy (non-hydrogen) atoms. The van der Waals surface area contributed by atoms with Crippen LogP contribution in [0, 0.1) is 0 Å². The Hall–Kier alpha value is -2.10. The van der Waals surface area contributed by atoms with Crippen molar-refractivity contribution >= 4 is 22.7 Å². The minimum absolute atomic E-state index is 0.459. The van der Waals surface area contributed by atoms with Crippen LogP contribution in [0.3, 0.4) is 0 Å². The molecule has 0 fully saturated rings. The number of carbonyl (C=O) groups is 1. The van der Waals surface area contributed by atoms with Crippen LogP contribution in [-0.4, -0.2) is 16.7 Å². The highest BCUT2D eigenvalue weighted by atomic mass is 16.6. The van der Waals surface area contributed by atoms with Crippen molar-refractivity contribution in [2.75, 3.05) is 5.32 Å². The highest BCUT2D eigenvalue weighted by Crippen LogP contribution is 2.21. The highest BCUT2D eigenvalue weighted by Gasteiger charge is 2.16. The molecular weight excluding hydrogens is 228 g/mol. The molecular formula is C14H16N2O2. The van der Waals surface area contributed by atoms with Gasteiger partial charge in [0, 0.05) is 11.6 Å². The van der Waals surface area contributed by atoms with E-state index in [-0.39, 0.29) is 0 Å². The van der Waals surface area contributed by atoms with Crippen LogP contribution in [0.15, 0.2) is 36.5 Å². The van der Waals surface area contributed by atoms with Crippen molar-refractivity contribution in [3.8, 4) is 0 Å². The number of amides is 1. The number of carbonyl (C=O) groups excluding carboxylic acids is 1. The number of ether oxygens (including phenoxy) is 1. The number of fused-ring (bicyclic) bond motifs is 1. The molecule has 1 N–H and O–H groups in total. The van der Waals surface area contributed by atoms with Crippen molar-refractivity contribution in [2.45, 2.75) is 26.4 Å². The summed E-state index contributed by atoms with van der Waals surface area (Å²) in [5.41, 5.74) is 1.04. The fourth-order valence-electron chi connectivity index (χ4n) is 1.62. The molecule has 0 spiro atoms. The summed E-state index contributed by atoms with van der Waals surface area (Å²) in [5.74, 6) is 0. The number of para-hydroxylation sites is 1. The van der Waals surface area contributed by atoms with Crippen LogP contribution in [0.4, 0.5) is 10.5 Å². The molecule has 1 aromatic carbocycles. The minimum atomic E-state index is -0.507. The van der Waals surface area contributed by atoms with E-state index in [9.17, 15) is 4.79 Å². The van der Waals surface area contributed by atoms with Gasteiger partial charge in [0.25, 0.3) is 0 Å². The van der Waals surface area contributed by atoms with Gasteiger partial charge in [0.05, 0.1) is 11.2 Å². The van der Waals surface area contributed by atoms with Gasteiger partial charge in [-0.1, -0.05) is 18.2 Å². The molecule has 0 atom stereocenters. The van der Waals surface area contributed by atoms with Crippen molar-refractivity contribution in [2.24, 2.45) is 0 Å². The van der Waals surface area contributed by atoms with Gasteiger partial charge in [0.15, 0.2) is 0 Å². The van der Waals surface area contributed by atoms with Crippen LogP contribution in [0.1, 0.15) is 20.8 Å². The van der Waals surface area contributed by atoms with Gasteiger partial charge in [-0.05, 0) is 32.9 Å². The molecule has 0 aliphatic carbocycles. The first kappa shape index (κ1) is 12.4.